The molecule has 9 rings (SSSR count). The molecule has 1 aliphatic rings. The van der Waals surface area contributed by atoms with Gasteiger partial charge >= 0.3 is 7.12 Å². The van der Waals surface area contributed by atoms with Gasteiger partial charge in [-0.3, -0.25) is 0 Å². The fourth-order valence-electron chi connectivity index (χ4n) is 6.75. The molecule has 188 valence electrons. The van der Waals surface area contributed by atoms with Gasteiger partial charge in [0.15, 0.2) is 0 Å². The zero-order valence-corrected chi connectivity index (χ0v) is 22.3. The van der Waals surface area contributed by atoms with E-state index in [1.807, 2.05) is 0 Å². The highest BCUT2D eigenvalue weighted by molar-refractivity contribution is 6.62. The Hall–Kier alpha value is -4.06. The van der Waals surface area contributed by atoms with Crippen LogP contribution in [0.3, 0.4) is 0 Å². The Bertz CT molecular complexity index is 2290. The van der Waals surface area contributed by atoms with Crippen LogP contribution in [0, 0.1) is 0 Å². The number of benzene rings is 5. The maximum atomic E-state index is 6.43. The van der Waals surface area contributed by atoms with E-state index in [1.165, 1.54) is 48.9 Å². The summed E-state index contributed by atoms with van der Waals surface area (Å²) in [5, 5.41) is 9.91. The van der Waals surface area contributed by atoms with Crippen molar-refractivity contribution in [3.63, 3.8) is 0 Å². The summed E-state index contributed by atoms with van der Waals surface area (Å²) in [6, 6.07) is 30.6. The predicted octanol–water partition coefficient (Wildman–Crippen LogP) is 8.19. The normalized spacial score (nSPS) is 17.4. The largest absolute Gasteiger partial charge is 0.494 e. The van der Waals surface area contributed by atoms with Gasteiger partial charge < -0.3 is 18.1 Å². The Morgan fingerprint density at radius 2 is 1.26 bits per heavy atom. The summed E-state index contributed by atoms with van der Waals surface area (Å²) < 4.78 is 21.5. The molecule has 0 aliphatic carbocycles. The van der Waals surface area contributed by atoms with Crippen LogP contribution in [0.15, 0.2) is 89.3 Å². The van der Waals surface area contributed by atoms with E-state index < -0.39 is 7.12 Å². The third-order valence-corrected chi connectivity index (χ3v) is 9.37. The quantitative estimate of drug-likeness (QED) is 0.210. The smallest absolute Gasteiger partial charge is 0.456 e. The highest BCUT2D eigenvalue weighted by Gasteiger charge is 2.51. The number of hydrogen-bond acceptors (Lipinski definition) is 3. The Balaban J connectivity index is 1.32. The zero-order valence-electron chi connectivity index (χ0n) is 22.3. The summed E-state index contributed by atoms with van der Waals surface area (Å²) in [5.74, 6) is 0. The predicted molar refractivity (Wildman–Crippen MR) is 162 cm³/mol. The van der Waals surface area contributed by atoms with Crippen molar-refractivity contribution in [3.05, 3.63) is 84.9 Å². The van der Waals surface area contributed by atoms with Gasteiger partial charge in [0.1, 0.15) is 11.2 Å². The summed E-state index contributed by atoms with van der Waals surface area (Å²) in [7, 11) is -0.419. The minimum absolute atomic E-state index is 0.385. The number of nitrogens with zero attached hydrogens (tertiary/aromatic N) is 1. The number of rotatable bonds is 1. The molecule has 3 aromatic heterocycles. The number of fused-ring (bicyclic) bond motifs is 12. The van der Waals surface area contributed by atoms with Crippen molar-refractivity contribution in [3.8, 4) is 0 Å². The molecule has 0 radical (unpaired) electrons. The van der Waals surface area contributed by atoms with Gasteiger partial charge in [0.05, 0.1) is 27.8 Å². The lowest BCUT2D eigenvalue weighted by atomic mass is 9.79. The van der Waals surface area contributed by atoms with Gasteiger partial charge in [-0.15, -0.1) is 0 Å². The van der Waals surface area contributed by atoms with E-state index in [4.69, 9.17) is 13.7 Å². The van der Waals surface area contributed by atoms with Gasteiger partial charge in [-0.2, -0.15) is 0 Å². The molecule has 5 heteroatoms. The van der Waals surface area contributed by atoms with Crippen LogP contribution in [0.5, 0.6) is 0 Å². The van der Waals surface area contributed by atoms with Crippen LogP contribution in [-0.4, -0.2) is 22.7 Å². The summed E-state index contributed by atoms with van der Waals surface area (Å²) in [4.78, 5) is 0. The number of furan rings is 1. The molecule has 0 spiro atoms. The van der Waals surface area contributed by atoms with E-state index in [1.54, 1.807) is 0 Å². The number of para-hydroxylation sites is 2. The van der Waals surface area contributed by atoms with Crippen molar-refractivity contribution in [2.24, 2.45) is 0 Å². The second-order valence-electron chi connectivity index (χ2n) is 12.0. The summed E-state index contributed by atoms with van der Waals surface area (Å²) in [6.07, 6.45) is 0. The molecule has 0 atom stereocenters. The lowest BCUT2D eigenvalue weighted by molar-refractivity contribution is 0.00578. The fraction of sp³-hybridized carbons (Fsp3) is 0.176. The van der Waals surface area contributed by atoms with Gasteiger partial charge in [-0.1, -0.05) is 54.6 Å². The first-order valence-electron chi connectivity index (χ1n) is 13.6. The average molecular weight is 507 g/mol. The third kappa shape index (κ3) is 2.62. The van der Waals surface area contributed by atoms with Gasteiger partial charge in [0.2, 0.25) is 0 Å². The van der Waals surface area contributed by atoms with Crippen LogP contribution in [0.4, 0.5) is 0 Å². The summed E-state index contributed by atoms with van der Waals surface area (Å²) in [5.41, 5.74) is 5.74. The SMILES string of the molecule is CC1(C)OB(c2ccc3c(c2)oc2ccc4c(ccc5c4c4cccc6c7ccccc7n5c64)c23)OC1(C)C. The van der Waals surface area contributed by atoms with Crippen molar-refractivity contribution in [1.29, 1.82) is 0 Å². The number of aromatic nitrogens is 1. The molecular weight excluding hydrogens is 481 g/mol. The molecule has 5 aromatic carbocycles. The maximum absolute atomic E-state index is 6.43. The van der Waals surface area contributed by atoms with E-state index in [2.05, 4.69) is 117 Å². The van der Waals surface area contributed by atoms with Gasteiger partial charge in [0, 0.05) is 32.3 Å². The standard InChI is InChI=1S/C34H26BNO3/c1-33(2)34(3,4)39-35(38-33)19-12-13-24-29(18-19)37-28-17-15-21-22(31(24)28)14-16-27-30(21)25-10-7-9-23-20-8-5-6-11-26(20)36(27)32(23)25/h5-18H,1-4H3. The van der Waals surface area contributed by atoms with Gasteiger partial charge in [-0.25, -0.2) is 0 Å². The van der Waals surface area contributed by atoms with Crippen LogP contribution in [0.2, 0.25) is 0 Å². The molecule has 1 aliphatic heterocycles. The van der Waals surface area contributed by atoms with Crippen molar-refractivity contribution in [2.75, 3.05) is 0 Å². The lowest BCUT2D eigenvalue weighted by Crippen LogP contribution is -2.41. The molecule has 1 saturated heterocycles. The van der Waals surface area contributed by atoms with Crippen LogP contribution >= 0.6 is 0 Å². The molecule has 0 N–H and O–H groups in total. The van der Waals surface area contributed by atoms with Crippen LogP contribution in [-0.2, 0) is 9.31 Å². The van der Waals surface area contributed by atoms with Crippen molar-refractivity contribution in [1.82, 2.24) is 4.40 Å². The minimum Gasteiger partial charge on any atom is -0.456 e. The Morgan fingerprint density at radius 3 is 2.10 bits per heavy atom. The highest BCUT2D eigenvalue weighted by Crippen LogP contribution is 2.44. The van der Waals surface area contributed by atoms with Gasteiger partial charge in [0.25, 0.3) is 0 Å². The van der Waals surface area contributed by atoms with E-state index in [9.17, 15) is 0 Å². The van der Waals surface area contributed by atoms with E-state index >= 15 is 0 Å². The first kappa shape index (κ1) is 21.8. The van der Waals surface area contributed by atoms with Crippen molar-refractivity contribution < 1.29 is 13.7 Å². The van der Waals surface area contributed by atoms with Crippen molar-refractivity contribution >= 4 is 83.4 Å². The average Bonchev–Trinajstić information content (AvgIpc) is 3.63. The zero-order chi connectivity index (χ0) is 26.3. The first-order valence-corrected chi connectivity index (χ1v) is 13.6. The Morgan fingerprint density at radius 1 is 0.564 bits per heavy atom. The maximum Gasteiger partial charge on any atom is 0.494 e. The molecule has 4 heterocycles. The second-order valence-corrected chi connectivity index (χ2v) is 12.0. The molecule has 4 nitrogen and oxygen atoms in total. The molecule has 8 aromatic rings. The molecule has 1 fully saturated rings. The van der Waals surface area contributed by atoms with E-state index in [0.29, 0.717) is 0 Å². The number of hydrogen-bond donors (Lipinski definition) is 0. The van der Waals surface area contributed by atoms with Crippen LogP contribution in [0.1, 0.15) is 27.7 Å². The summed E-state index contributed by atoms with van der Waals surface area (Å²) in [6.45, 7) is 8.32. The highest BCUT2D eigenvalue weighted by atomic mass is 16.7. The van der Waals surface area contributed by atoms with Crippen LogP contribution in [0.25, 0.3) is 70.8 Å². The minimum atomic E-state index is -0.419. The fourth-order valence-corrected chi connectivity index (χ4v) is 6.75. The first-order chi connectivity index (χ1) is 18.8. The summed E-state index contributed by atoms with van der Waals surface area (Å²) >= 11 is 0. The topological polar surface area (TPSA) is 36.0 Å². The Kier molecular flexibility index (Phi) is 3.88. The third-order valence-electron chi connectivity index (χ3n) is 9.37. The van der Waals surface area contributed by atoms with Crippen molar-refractivity contribution in [2.45, 2.75) is 38.9 Å². The van der Waals surface area contributed by atoms with E-state index in [-0.39, 0.29) is 11.2 Å². The molecule has 0 unspecified atom stereocenters. The molecule has 39 heavy (non-hydrogen) atoms. The molecule has 0 saturated carbocycles. The lowest BCUT2D eigenvalue weighted by Gasteiger charge is -2.32. The van der Waals surface area contributed by atoms with E-state index in [0.717, 1.165) is 27.4 Å². The van der Waals surface area contributed by atoms with Crippen LogP contribution < -0.4 is 5.46 Å². The molecular formula is C34H26BNO3. The monoisotopic (exact) mass is 507 g/mol. The second kappa shape index (κ2) is 6.92. The Labute approximate surface area is 225 Å². The molecule has 0 amide bonds. The molecule has 0 bridgehead atoms. The van der Waals surface area contributed by atoms with Gasteiger partial charge in [-0.05, 0) is 74.3 Å².